The van der Waals surface area contributed by atoms with Crippen molar-refractivity contribution in [2.75, 3.05) is 11.1 Å². The summed E-state index contributed by atoms with van der Waals surface area (Å²) >= 11 is 0. The summed E-state index contributed by atoms with van der Waals surface area (Å²) in [6, 6.07) is 12.9. The van der Waals surface area contributed by atoms with Gasteiger partial charge < -0.3 is 11.1 Å². The molecule has 0 amide bonds. The zero-order valence-electron chi connectivity index (χ0n) is 9.70. The Kier molecular flexibility index (Phi) is 3.28. The number of hydrogen-bond donors (Lipinski definition) is 2. The number of para-hydroxylation sites is 1. The second-order valence-electron chi connectivity index (χ2n) is 4.04. The van der Waals surface area contributed by atoms with Crippen LogP contribution in [0, 0.1) is 12.7 Å². The van der Waals surface area contributed by atoms with Crippen LogP contribution < -0.4 is 11.1 Å². The molecule has 0 unspecified atom stereocenters. The SMILES string of the molecule is Cc1ccc(CNc2cccc(F)c2N)cc1. The number of hydrogen-bond acceptors (Lipinski definition) is 2. The molecule has 0 aromatic heterocycles. The number of nitrogen functional groups attached to an aromatic ring is 1. The van der Waals surface area contributed by atoms with Gasteiger partial charge >= 0.3 is 0 Å². The highest BCUT2D eigenvalue weighted by Crippen LogP contribution is 2.21. The Balaban J connectivity index is 2.07. The van der Waals surface area contributed by atoms with Gasteiger partial charge in [-0.15, -0.1) is 0 Å². The predicted octanol–water partition coefficient (Wildman–Crippen LogP) is 3.33. The van der Waals surface area contributed by atoms with Gasteiger partial charge in [0.1, 0.15) is 5.82 Å². The highest BCUT2D eigenvalue weighted by Gasteiger charge is 2.03. The first-order chi connectivity index (χ1) is 8.16. The molecule has 0 fully saturated rings. The van der Waals surface area contributed by atoms with Crippen LogP contribution in [0.1, 0.15) is 11.1 Å². The number of aryl methyl sites for hydroxylation is 1. The molecule has 0 aliphatic rings. The summed E-state index contributed by atoms with van der Waals surface area (Å²) in [6.07, 6.45) is 0. The number of halogens is 1. The average Bonchev–Trinajstić information content (AvgIpc) is 2.33. The maximum atomic E-state index is 13.2. The molecule has 0 heterocycles. The molecule has 2 nitrogen and oxygen atoms in total. The molecule has 0 saturated heterocycles. The van der Waals surface area contributed by atoms with Crippen molar-refractivity contribution in [2.24, 2.45) is 0 Å². The molecule has 17 heavy (non-hydrogen) atoms. The van der Waals surface area contributed by atoms with Crippen molar-refractivity contribution in [2.45, 2.75) is 13.5 Å². The van der Waals surface area contributed by atoms with Crippen molar-refractivity contribution < 1.29 is 4.39 Å². The van der Waals surface area contributed by atoms with Gasteiger partial charge in [0, 0.05) is 6.54 Å². The fraction of sp³-hybridized carbons (Fsp3) is 0.143. The molecule has 0 saturated carbocycles. The molecule has 2 aromatic rings. The Morgan fingerprint density at radius 2 is 1.82 bits per heavy atom. The Morgan fingerprint density at radius 1 is 1.12 bits per heavy atom. The van der Waals surface area contributed by atoms with Gasteiger partial charge in [-0.2, -0.15) is 0 Å². The van der Waals surface area contributed by atoms with Gasteiger partial charge in [0.05, 0.1) is 11.4 Å². The minimum atomic E-state index is -0.390. The molecule has 0 atom stereocenters. The summed E-state index contributed by atoms with van der Waals surface area (Å²) in [5, 5.41) is 3.12. The van der Waals surface area contributed by atoms with E-state index in [1.54, 1.807) is 12.1 Å². The van der Waals surface area contributed by atoms with Gasteiger partial charge in [0.25, 0.3) is 0 Å². The Morgan fingerprint density at radius 3 is 2.53 bits per heavy atom. The van der Waals surface area contributed by atoms with Gasteiger partial charge in [-0.25, -0.2) is 4.39 Å². The van der Waals surface area contributed by atoms with E-state index in [9.17, 15) is 4.39 Å². The van der Waals surface area contributed by atoms with E-state index in [-0.39, 0.29) is 11.5 Å². The van der Waals surface area contributed by atoms with Crippen molar-refractivity contribution >= 4 is 11.4 Å². The van der Waals surface area contributed by atoms with Crippen LogP contribution in [0.5, 0.6) is 0 Å². The lowest BCUT2D eigenvalue weighted by molar-refractivity contribution is 0.633. The number of benzene rings is 2. The lowest BCUT2D eigenvalue weighted by atomic mass is 10.1. The summed E-state index contributed by atoms with van der Waals surface area (Å²) < 4.78 is 13.2. The van der Waals surface area contributed by atoms with E-state index in [0.717, 1.165) is 5.56 Å². The first-order valence-electron chi connectivity index (χ1n) is 5.50. The van der Waals surface area contributed by atoms with E-state index in [1.165, 1.54) is 11.6 Å². The Bertz CT molecular complexity index is 506. The molecule has 0 spiro atoms. The van der Waals surface area contributed by atoms with Crippen LogP contribution in [0.2, 0.25) is 0 Å². The fourth-order valence-corrected chi connectivity index (χ4v) is 1.59. The molecule has 3 heteroatoms. The Hall–Kier alpha value is -2.03. The van der Waals surface area contributed by atoms with Crippen LogP contribution in [0.25, 0.3) is 0 Å². The highest BCUT2D eigenvalue weighted by atomic mass is 19.1. The molecule has 2 aromatic carbocycles. The topological polar surface area (TPSA) is 38.0 Å². The molecule has 2 rings (SSSR count). The summed E-state index contributed by atoms with van der Waals surface area (Å²) in [5.41, 5.74) is 8.79. The van der Waals surface area contributed by atoms with Crippen LogP contribution in [0.3, 0.4) is 0 Å². The number of nitrogens with one attached hydrogen (secondary N) is 1. The molecule has 0 radical (unpaired) electrons. The molecule has 0 aliphatic carbocycles. The second kappa shape index (κ2) is 4.87. The standard InChI is InChI=1S/C14H15FN2/c1-10-5-7-11(8-6-10)9-17-13-4-2-3-12(15)14(13)16/h2-8,17H,9,16H2,1H3. The predicted molar refractivity (Wildman–Crippen MR) is 69.3 cm³/mol. The van der Waals surface area contributed by atoms with E-state index in [0.29, 0.717) is 12.2 Å². The Labute approximate surface area is 100 Å². The van der Waals surface area contributed by atoms with Gasteiger partial charge in [-0.1, -0.05) is 35.9 Å². The van der Waals surface area contributed by atoms with Gasteiger partial charge in [-0.3, -0.25) is 0 Å². The van der Waals surface area contributed by atoms with E-state index in [1.807, 2.05) is 31.2 Å². The van der Waals surface area contributed by atoms with E-state index in [4.69, 9.17) is 5.73 Å². The minimum Gasteiger partial charge on any atom is -0.395 e. The summed E-state index contributed by atoms with van der Waals surface area (Å²) in [7, 11) is 0. The molecule has 0 bridgehead atoms. The van der Waals surface area contributed by atoms with E-state index >= 15 is 0 Å². The maximum Gasteiger partial charge on any atom is 0.148 e. The fourth-order valence-electron chi connectivity index (χ4n) is 1.59. The largest absolute Gasteiger partial charge is 0.395 e. The third-order valence-corrected chi connectivity index (χ3v) is 2.66. The van der Waals surface area contributed by atoms with Gasteiger partial charge in [0.15, 0.2) is 0 Å². The summed E-state index contributed by atoms with van der Waals surface area (Å²) in [4.78, 5) is 0. The average molecular weight is 230 g/mol. The zero-order chi connectivity index (χ0) is 12.3. The van der Waals surface area contributed by atoms with Crippen molar-refractivity contribution in [3.05, 3.63) is 59.4 Å². The van der Waals surface area contributed by atoms with Crippen molar-refractivity contribution in [3.63, 3.8) is 0 Å². The van der Waals surface area contributed by atoms with Crippen LogP contribution in [0.15, 0.2) is 42.5 Å². The summed E-state index contributed by atoms with van der Waals surface area (Å²) in [6.45, 7) is 2.68. The van der Waals surface area contributed by atoms with E-state index < -0.39 is 0 Å². The molecule has 3 N–H and O–H groups in total. The van der Waals surface area contributed by atoms with Crippen LogP contribution in [-0.2, 0) is 6.54 Å². The zero-order valence-corrected chi connectivity index (χ0v) is 9.70. The monoisotopic (exact) mass is 230 g/mol. The first-order valence-corrected chi connectivity index (χ1v) is 5.50. The maximum absolute atomic E-state index is 13.2. The molecular formula is C14H15FN2. The molecular weight excluding hydrogens is 215 g/mol. The third kappa shape index (κ3) is 2.75. The minimum absolute atomic E-state index is 0.166. The van der Waals surface area contributed by atoms with Gasteiger partial charge in [-0.05, 0) is 24.6 Å². The first kappa shape index (κ1) is 11.5. The van der Waals surface area contributed by atoms with Crippen LogP contribution in [0.4, 0.5) is 15.8 Å². The third-order valence-electron chi connectivity index (χ3n) is 2.66. The molecule has 0 aliphatic heterocycles. The van der Waals surface area contributed by atoms with Gasteiger partial charge in [0.2, 0.25) is 0 Å². The lowest BCUT2D eigenvalue weighted by Gasteiger charge is -2.09. The van der Waals surface area contributed by atoms with Crippen LogP contribution >= 0.6 is 0 Å². The smallest absolute Gasteiger partial charge is 0.148 e. The van der Waals surface area contributed by atoms with Crippen molar-refractivity contribution in [3.8, 4) is 0 Å². The second-order valence-corrected chi connectivity index (χ2v) is 4.04. The van der Waals surface area contributed by atoms with Crippen molar-refractivity contribution in [1.82, 2.24) is 0 Å². The normalized spacial score (nSPS) is 10.2. The van der Waals surface area contributed by atoms with E-state index in [2.05, 4.69) is 5.32 Å². The number of rotatable bonds is 3. The van der Waals surface area contributed by atoms with Crippen LogP contribution in [-0.4, -0.2) is 0 Å². The quantitative estimate of drug-likeness (QED) is 0.794. The number of nitrogens with two attached hydrogens (primary N) is 1. The van der Waals surface area contributed by atoms with Crippen molar-refractivity contribution in [1.29, 1.82) is 0 Å². The number of anilines is 2. The summed E-state index contributed by atoms with van der Waals surface area (Å²) in [5.74, 6) is -0.390. The molecule has 88 valence electrons. The lowest BCUT2D eigenvalue weighted by Crippen LogP contribution is -2.03. The highest BCUT2D eigenvalue weighted by molar-refractivity contribution is 5.66.